The van der Waals surface area contributed by atoms with Crippen LogP contribution in [-0.2, 0) is 19.6 Å². The first-order valence-electron chi connectivity index (χ1n) is 7.95. The molecule has 1 heterocycles. The third-order valence-corrected chi connectivity index (χ3v) is 5.42. The number of nitrogens with one attached hydrogen (secondary N) is 1. The van der Waals surface area contributed by atoms with Gasteiger partial charge in [0, 0.05) is 18.5 Å². The Morgan fingerprint density at radius 2 is 1.73 bits per heavy atom. The maximum absolute atomic E-state index is 12.8. The molecule has 2 aromatic rings. The molecular formula is C18H18N2O5S. The monoisotopic (exact) mass is 374 g/mol. The summed E-state index contributed by atoms with van der Waals surface area (Å²) in [5.41, 5.74) is 1.52. The number of hydrogen-bond donors (Lipinski definition) is 1. The molecule has 3 rings (SSSR count). The van der Waals surface area contributed by atoms with Crippen molar-refractivity contribution in [1.82, 2.24) is 0 Å². The van der Waals surface area contributed by atoms with Crippen molar-refractivity contribution in [2.75, 3.05) is 16.7 Å². The first-order valence-corrected chi connectivity index (χ1v) is 9.43. The molecule has 0 atom stereocenters. The van der Waals surface area contributed by atoms with Crippen LogP contribution in [0.5, 0.6) is 5.75 Å². The average Bonchev–Trinajstić information content (AvgIpc) is 2.92. The van der Waals surface area contributed by atoms with E-state index >= 15 is 0 Å². The quantitative estimate of drug-likeness (QED) is 0.812. The molecule has 0 aliphatic carbocycles. The molecule has 2 amide bonds. The van der Waals surface area contributed by atoms with E-state index < -0.39 is 10.0 Å². The number of rotatable bonds is 5. The van der Waals surface area contributed by atoms with Crippen molar-refractivity contribution in [2.24, 2.45) is 0 Å². The molecule has 1 aliphatic heterocycles. The number of ether oxygens (including phenoxy) is 1. The first-order chi connectivity index (χ1) is 12.3. The van der Waals surface area contributed by atoms with E-state index in [1.54, 1.807) is 18.2 Å². The molecule has 0 saturated carbocycles. The largest absolute Gasteiger partial charge is 0.495 e. The summed E-state index contributed by atoms with van der Waals surface area (Å²) < 4.78 is 33.3. The summed E-state index contributed by atoms with van der Waals surface area (Å²) in [4.78, 5) is 24.7. The fraction of sp³-hybridized carbons (Fsp3) is 0.222. The number of carbonyl (C=O) groups excluding carboxylic acids is 2. The summed E-state index contributed by atoms with van der Waals surface area (Å²) in [5.74, 6) is -0.585. The highest BCUT2D eigenvalue weighted by Gasteiger charge is 2.32. The minimum Gasteiger partial charge on any atom is -0.495 e. The molecule has 1 N–H and O–H groups in total. The van der Waals surface area contributed by atoms with Crippen LogP contribution in [0.1, 0.15) is 18.4 Å². The molecular weight excluding hydrogens is 356 g/mol. The molecule has 0 unspecified atom stereocenters. The topological polar surface area (TPSA) is 92.8 Å². The van der Waals surface area contributed by atoms with Gasteiger partial charge < -0.3 is 4.74 Å². The predicted molar refractivity (Wildman–Crippen MR) is 96.7 cm³/mol. The summed E-state index contributed by atoms with van der Waals surface area (Å²) in [6.45, 7) is 1.85. The molecule has 26 heavy (non-hydrogen) atoms. The Hall–Kier alpha value is -2.87. The van der Waals surface area contributed by atoms with Crippen molar-refractivity contribution >= 4 is 33.2 Å². The Morgan fingerprint density at radius 1 is 1.04 bits per heavy atom. The second-order valence-electron chi connectivity index (χ2n) is 5.93. The maximum atomic E-state index is 12.8. The van der Waals surface area contributed by atoms with Gasteiger partial charge in [-0.25, -0.2) is 8.42 Å². The van der Waals surface area contributed by atoms with Crippen LogP contribution in [0.25, 0.3) is 0 Å². The Balaban J connectivity index is 2.03. The number of anilines is 2. The van der Waals surface area contributed by atoms with Gasteiger partial charge >= 0.3 is 0 Å². The molecule has 0 aromatic heterocycles. The van der Waals surface area contributed by atoms with Crippen LogP contribution < -0.4 is 14.4 Å². The lowest BCUT2D eigenvalue weighted by molar-refractivity contribution is -0.121. The number of sulfonamides is 1. The zero-order valence-electron chi connectivity index (χ0n) is 14.4. The van der Waals surface area contributed by atoms with E-state index in [0.717, 1.165) is 10.5 Å². The summed E-state index contributed by atoms with van der Waals surface area (Å²) in [7, 11) is -2.63. The molecule has 1 aliphatic rings. The SMILES string of the molecule is COc1ccc(N2C(=O)CCC2=O)cc1S(=O)(=O)Nc1cccc(C)c1. The van der Waals surface area contributed by atoms with Crippen LogP contribution >= 0.6 is 0 Å². The molecule has 8 heteroatoms. The number of methoxy groups -OCH3 is 1. The van der Waals surface area contributed by atoms with E-state index in [1.807, 2.05) is 13.0 Å². The van der Waals surface area contributed by atoms with Gasteiger partial charge in [0.2, 0.25) is 11.8 Å². The van der Waals surface area contributed by atoms with Crippen molar-refractivity contribution in [3.8, 4) is 5.75 Å². The van der Waals surface area contributed by atoms with E-state index in [2.05, 4.69) is 4.72 Å². The molecule has 7 nitrogen and oxygen atoms in total. The van der Waals surface area contributed by atoms with Crippen LogP contribution in [0.3, 0.4) is 0 Å². The van der Waals surface area contributed by atoms with E-state index in [1.165, 1.54) is 25.3 Å². The van der Waals surface area contributed by atoms with E-state index in [0.29, 0.717) is 5.69 Å². The Kier molecular flexibility index (Phi) is 4.69. The Morgan fingerprint density at radius 3 is 2.35 bits per heavy atom. The fourth-order valence-corrected chi connectivity index (χ4v) is 4.04. The van der Waals surface area contributed by atoms with E-state index in [9.17, 15) is 18.0 Å². The van der Waals surface area contributed by atoms with Crippen molar-refractivity contribution in [3.05, 3.63) is 48.0 Å². The molecule has 2 aromatic carbocycles. The minimum absolute atomic E-state index is 0.119. The van der Waals surface area contributed by atoms with Crippen molar-refractivity contribution in [1.29, 1.82) is 0 Å². The smallest absolute Gasteiger partial charge is 0.265 e. The summed E-state index contributed by atoms with van der Waals surface area (Å²) in [6, 6.07) is 11.1. The van der Waals surface area contributed by atoms with Gasteiger partial charge in [-0.05, 0) is 42.8 Å². The van der Waals surface area contributed by atoms with Gasteiger partial charge in [-0.1, -0.05) is 12.1 Å². The lowest BCUT2D eigenvalue weighted by atomic mass is 10.2. The first kappa shape index (κ1) is 17.9. The summed E-state index contributed by atoms with van der Waals surface area (Å²) in [5, 5.41) is 0. The van der Waals surface area contributed by atoms with Crippen LogP contribution in [0.15, 0.2) is 47.4 Å². The van der Waals surface area contributed by atoms with Gasteiger partial charge in [-0.3, -0.25) is 19.2 Å². The van der Waals surface area contributed by atoms with Gasteiger partial charge in [0.15, 0.2) is 0 Å². The number of nitrogens with zero attached hydrogens (tertiary/aromatic N) is 1. The number of amides is 2. The highest BCUT2D eigenvalue weighted by Crippen LogP contribution is 2.32. The fourth-order valence-electron chi connectivity index (χ4n) is 2.80. The number of hydrogen-bond acceptors (Lipinski definition) is 5. The highest BCUT2D eigenvalue weighted by molar-refractivity contribution is 7.92. The van der Waals surface area contributed by atoms with Gasteiger partial charge in [0.1, 0.15) is 10.6 Å². The van der Waals surface area contributed by atoms with Gasteiger partial charge in [0.05, 0.1) is 12.8 Å². The second-order valence-corrected chi connectivity index (χ2v) is 7.58. The van der Waals surface area contributed by atoms with Gasteiger partial charge in [-0.15, -0.1) is 0 Å². The molecule has 1 saturated heterocycles. The second kappa shape index (κ2) is 6.80. The van der Waals surface area contributed by atoms with E-state index in [4.69, 9.17) is 4.74 Å². The zero-order valence-corrected chi connectivity index (χ0v) is 15.2. The average molecular weight is 374 g/mol. The Bertz CT molecular complexity index is 969. The molecule has 0 spiro atoms. The highest BCUT2D eigenvalue weighted by atomic mass is 32.2. The van der Waals surface area contributed by atoms with Crippen LogP contribution in [0.2, 0.25) is 0 Å². The van der Waals surface area contributed by atoms with Crippen LogP contribution in [0.4, 0.5) is 11.4 Å². The summed E-state index contributed by atoms with van der Waals surface area (Å²) in [6.07, 6.45) is 0.239. The normalized spacial score (nSPS) is 14.6. The number of imide groups is 1. The van der Waals surface area contributed by atoms with Crippen LogP contribution in [-0.4, -0.2) is 27.3 Å². The molecule has 1 fully saturated rings. The molecule has 0 radical (unpaired) electrons. The lowest BCUT2D eigenvalue weighted by Gasteiger charge is -2.17. The molecule has 136 valence electrons. The maximum Gasteiger partial charge on any atom is 0.265 e. The van der Waals surface area contributed by atoms with Crippen molar-refractivity contribution in [3.63, 3.8) is 0 Å². The summed E-state index contributed by atoms with van der Waals surface area (Å²) >= 11 is 0. The third kappa shape index (κ3) is 3.41. The van der Waals surface area contributed by atoms with Crippen molar-refractivity contribution in [2.45, 2.75) is 24.7 Å². The van der Waals surface area contributed by atoms with E-state index in [-0.39, 0.29) is 41.0 Å². The third-order valence-electron chi connectivity index (χ3n) is 4.02. The minimum atomic E-state index is -3.98. The standard InChI is InChI=1S/C18H18N2O5S/c1-12-4-3-5-13(10-12)19-26(23,24)16-11-14(6-7-15(16)25-2)20-17(21)8-9-18(20)22/h3-7,10-11,19H,8-9H2,1-2H3. The molecule has 0 bridgehead atoms. The predicted octanol–water partition coefficient (Wildman–Crippen LogP) is 2.46. The van der Waals surface area contributed by atoms with Gasteiger partial charge in [-0.2, -0.15) is 0 Å². The van der Waals surface area contributed by atoms with Crippen molar-refractivity contribution < 1.29 is 22.7 Å². The number of benzene rings is 2. The zero-order chi connectivity index (χ0) is 18.9. The van der Waals surface area contributed by atoms with Crippen LogP contribution in [0, 0.1) is 6.92 Å². The number of aryl methyl sites for hydroxylation is 1. The number of carbonyl (C=O) groups is 2. The van der Waals surface area contributed by atoms with Gasteiger partial charge in [0.25, 0.3) is 10.0 Å². The lowest BCUT2D eigenvalue weighted by Crippen LogP contribution is -2.28. The Labute approximate surface area is 151 Å².